The molecule has 0 unspecified atom stereocenters. The van der Waals surface area contributed by atoms with E-state index in [1.165, 1.54) is 4.26 Å². The van der Waals surface area contributed by atoms with Gasteiger partial charge in [-0.15, -0.1) is 0 Å². The van der Waals surface area contributed by atoms with Gasteiger partial charge in [-0.1, -0.05) is 0 Å². The Hall–Kier alpha value is -1.59. The molecule has 0 amide bonds. The van der Waals surface area contributed by atoms with Gasteiger partial charge in [0.25, 0.3) is 0 Å². The van der Waals surface area contributed by atoms with Crippen molar-refractivity contribution in [2.75, 3.05) is 0 Å². The van der Waals surface area contributed by atoms with Crippen molar-refractivity contribution in [3.05, 3.63) is 18.2 Å². The fourth-order valence-electron chi connectivity index (χ4n) is 1.26. The van der Waals surface area contributed by atoms with Gasteiger partial charge >= 0.3 is 83.9 Å². The van der Waals surface area contributed by atoms with Crippen molar-refractivity contribution in [2.24, 2.45) is 0 Å². The summed E-state index contributed by atoms with van der Waals surface area (Å²) in [6.07, 6.45) is 0. The van der Waals surface area contributed by atoms with E-state index >= 15 is 0 Å². The van der Waals surface area contributed by atoms with Crippen LogP contribution in [0.4, 0.5) is 0 Å². The van der Waals surface area contributed by atoms with Crippen LogP contribution in [0.1, 0.15) is 0 Å². The summed E-state index contributed by atoms with van der Waals surface area (Å²) in [5, 5.41) is 17.9. The van der Waals surface area contributed by atoms with E-state index in [1.807, 2.05) is 18.2 Å². The number of rotatable bonds is 1. The van der Waals surface area contributed by atoms with E-state index in [4.69, 9.17) is 0 Å². The topological polar surface area (TPSA) is 80.2 Å². The number of benzene rings is 1. The zero-order chi connectivity index (χ0) is 9.38. The first kappa shape index (κ1) is 7.78. The Labute approximate surface area is 84.3 Å². The van der Waals surface area contributed by atoms with Gasteiger partial charge in [0.15, 0.2) is 0 Å². The Morgan fingerprint density at radius 2 is 2.21 bits per heavy atom. The van der Waals surface area contributed by atoms with Gasteiger partial charge in [-0.25, -0.2) is 0 Å². The van der Waals surface area contributed by atoms with Crippen molar-refractivity contribution < 1.29 is 0 Å². The second-order valence-corrected chi connectivity index (χ2v) is 4.31. The number of aromatic amines is 1. The van der Waals surface area contributed by atoms with Gasteiger partial charge in [0.1, 0.15) is 0 Å². The molecule has 0 bridgehead atoms. The molecule has 14 heavy (non-hydrogen) atoms. The molecular formula is C7H4N6Se. The summed E-state index contributed by atoms with van der Waals surface area (Å²) in [5.74, 6) is 0.568. The van der Waals surface area contributed by atoms with Gasteiger partial charge < -0.3 is 0 Å². The first-order chi connectivity index (χ1) is 6.95. The molecular weight excluding hydrogens is 247 g/mol. The molecule has 1 aromatic carbocycles. The minimum absolute atomic E-state index is 0.106. The molecule has 0 saturated carbocycles. The molecule has 0 aliphatic rings. The number of hydrogen-bond acceptors (Lipinski definition) is 5. The molecule has 0 saturated heterocycles. The Kier molecular flexibility index (Phi) is 1.65. The van der Waals surface area contributed by atoms with Crippen molar-refractivity contribution in [2.45, 2.75) is 0 Å². The third-order valence-electron chi connectivity index (χ3n) is 1.87. The quantitative estimate of drug-likeness (QED) is 0.609. The summed E-state index contributed by atoms with van der Waals surface area (Å²) in [7, 11) is 0. The van der Waals surface area contributed by atoms with Crippen LogP contribution >= 0.6 is 0 Å². The Balaban J connectivity index is 2.36. The fraction of sp³-hybridized carbons (Fsp3) is 0. The van der Waals surface area contributed by atoms with E-state index in [2.05, 4.69) is 29.8 Å². The second kappa shape index (κ2) is 2.97. The molecule has 6 nitrogen and oxygen atoms in total. The van der Waals surface area contributed by atoms with E-state index in [0.717, 1.165) is 11.1 Å². The molecule has 0 atom stereocenters. The van der Waals surface area contributed by atoms with E-state index < -0.39 is 0 Å². The average Bonchev–Trinajstić information content (AvgIpc) is 2.88. The maximum absolute atomic E-state index is 4.09. The number of nitrogens with one attached hydrogen (secondary N) is 1. The van der Waals surface area contributed by atoms with Crippen LogP contribution in [0.3, 0.4) is 0 Å². The first-order valence-electron chi connectivity index (χ1n) is 3.90. The SMILES string of the molecule is c1cc(-c2nn[nH]n2)c2nn[se]c2c1. The Morgan fingerprint density at radius 3 is 3.07 bits per heavy atom. The van der Waals surface area contributed by atoms with E-state index in [1.54, 1.807) is 0 Å². The minimum atomic E-state index is 0.106. The van der Waals surface area contributed by atoms with Gasteiger partial charge in [0.05, 0.1) is 0 Å². The van der Waals surface area contributed by atoms with Crippen molar-refractivity contribution >= 4 is 24.5 Å². The number of nitrogens with zero attached hydrogens (tertiary/aromatic N) is 5. The third-order valence-corrected chi connectivity index (χ3v) is 3.31. The summed E-state index contributed by atoms with van der Waals surface area (Å²) >= 11 is 0.106. The summed E-state index contributed by atoms with van der Waals surface area (Å²) in [6, 6.07) is 5.91. The van der Waals surface area contributed by atoms with Gasteiger partial charge in [0.2, 0.25) is 0 Å². The van der Waals surface area contributed by atoms with E-state index in [9.17, 15) is 0 Å². The second-order valence-electron chi connectivity index (χ2n) is 2.66. The zero-order valence-corrected chi connectivity index (χ0v) is 8.59. The number of H-pyrrole nitrogens is 1. The molecule has 68 valence electrons. The molecule has 3 aromatic rings. The van der Waals surface area contributed by atoms with Gasteiger partial charge in [-0.3, -0.25) is 0 Å². The molecule has 0 fully saturated rings. The van der Waals surface area contributed by atoms with Gasteiger partial charge in [0, 0.05) is 0 Å². The van der Waals surface area contributed by atoms with Crippen molar-refractivity contribution in [3.8, 4) is 11.4 Å². The molecule has 0 spiro atoms. The maximum atomic E-state index is 4.09. The van der Waals surface area contributed by atoms with Crippen molar-refractivity contribution in [1.29, 1.82) is 0 Å². The van der Waals surface area contributed by atoms with Crippen LogP contribution < -0.4 is 0 Å². The first-order valence-corrected chi connectivity index (χ1v) is 5.52. The Bertz CT molecular complexity index is 556. The van der Waals surface area contributed by atoms with Crippen LogP contribution in [0.5, 0.6) is 0 Å². The van der Waals surface area contributed by atoms with Crippen LogP contribution in [0.25, 0.3) is 21.2 Å². The summed E-state index contributed by atoms with van der Waals surface area (Å²) < 4.78 is 5.19. The molecule has 2 heterocycles. The number of fused-ring (bicyclic) bond motifs is 1. The van der Waals surface area contributed by atoms with Gasteiger partial charge in [-0.05, 0) is 0 Å². The monoisotopic (exact) mass is 252 g/mol. The number of hydrogen-bond donors (Lipinski definition) is 1. The summed E-state index contributed by atoms with van der Waals surface area (Å²) in [4.78, 5) is 0. The molecule has 3 rings (SSSR count). The molecule has 1 N–H and O–H groups in total. The normalized spacial score (nSPS) is 10.9. The van der Waals surface area contributed by atoms with Gasteiger partial charge in [-0.2, -0.15) is 0 Å². The number of aromatic nitrogens is 6. The standard InChI is InChI=1S/C7H4N6Se/c1-2-4(7-9-11-12-10-7)6-5(3-1)14-13-8-6/h1-3H,(H,9,10,11,12). The predicted octanol–water partition coefficient (Wildman–Crippen LogP) is -0.133. The third kappa shape index (κ3) is 1.07. The summed E-state index contributed by atoms with van der Waals surface area (Å²) in [5.41, 5.74) is 1.77. The van der Waals surface area contributed by atoms with E-state index in [0.29, 0.717) is 5.82 Å². The van der Waals surface area contributed by atoms with Crippen LogP contribution in [0, 0.1) is 0 Å². The molecule has 0 aliphatic carbocycles. The average molecular weight is 251 g/mol. The predicted molar refractivity (Wildman–Crippen MR) is 49.6 cm³/mol. The molecule has 0 aliphatic heterocycles. The molecule has 2 aromatic heterocycles. The molecule has 7 heteroatoms. The van der Waals surface area contributed by atoms with Crippen LogP contribution in [0.15, 0.2) is 18.2 Å². The number of tetrazole rings is 1. The van der Waals surface area contributed by atoms with Crippen LogP contribution in [-0.2, 0) is 0 Å². The van der Waals surface area contributed by atoms with Crippen LogP contribution in [0.2, 0.25) is 0 Å². The van der Waals surface area contributed by atoms with Crippen molar-refractivity contribution in [3.63, 3.8) is 0 Å². The molecule has 0 radical (unpaired) electrons. The fourth-order valence-corrected chi connectivity index (χ4v) is 2.49. The van der Waals surface area contributed by atoms with Crippen molar-refractivity contribution in [1.82, 2.24) is 29.8 Å². The zero-order valence-electron chi connectivity index (χ0n) is 6.88. The Morgan fingerprint density at radius 1 is 1.21 bits per heavy atom. The van der Waals surface area contributed by atoms with Crippen LogP contribution in [-0.4, -0.2) is 44.5 Å². The van der Waals surface area contributed by atoms with E-state index in [-0.39, 0.29) is 14.7 Å². The summed E-state index contributed by atoms with van der Waals surface area (Å²) in [6.45, 7) is 0.